The van der Waals surface area contributed by atoms with Gasteiger partial charge in [0.15, 0.2) is 0 Å². The van der Waals surface area contributed by atoms with E-state index in [1.54, 1.807) is 0 Å². The van der Waals surface area contributed by atoms with Crippen LogP contribution in [0.4, 0.5) is 0 Å². The number of nitrogens with zero attached hydrogens (tertiary/aromatic N) is 2. The Morgan fingerprint density at radius 1 is 1.59 bits per heavy atom. The molecule has 2 atom stereocenters. The molecular weight excluding hydrogens is 214 g/mol. The van der Waals surface area contributed by atoms with Gasteiger partial charge in [0.2, 0.25) is 0 Å². The van der Waals surface area contributed by atoms with E-state index in [9.17, 15) is 5.11 Å². The molecule has 1 aromatic heterocycles. The van der Waals surface area contributed by atoms with E-state index >= 15 is 0 Å². The van der Waals surface area contributed by atoms with Gasteiger partial charge in [-0.05, 0) is 44.7 Å². The lowest BCUT2D eigenvalue weighted by Crippen LogP contribution is -2.52. The Labute approximate surface area is 103 Å². The maximum Gasteiger partial charge on any atom is 0.0614 e. The van der Waals surface area contributed by atoms with Gasteiger partial charge in [0.1, 0.15) is 0 Å². The maximum absolute atomic E-state index is 9.69. The van der Waals surface area contributed by atoms with Crippen molar-refractivity contribution in [2.45, 2.75) is 50.6 Å². The number of aromatic nitrogens is 2. The van der Waals surface area contributed by atoms with E-state index < -0.39 is 0 Å². The van der Waals surface area contributed by atoms with Crippen LogP contribution in [0.2, 0.25) is 0 Å². The molecule has 0 radical (unpaired) electrons. The monoisotopic (exact) mass is 237 g/mol. The number of hydrogen-bond acceptors (Lipinski definition) is 3. The van der Waals surface area contributed by atoms with E-state index in [2.05, 4.69) is 17.3 Å². The lowest BCUT2D eigenvalue weighted by atomic mass is 9.79. The standard InChI is InChI=1S/C13H23N3O/c1-2-7-14-13(11-17)6-3-5-12(10-13)16-9-4-8-15-16/h4,8-9,12,14,17H,2-3,5-7,10-11H2,1H3. The molecule has 2 unspecified atom stereocenters. The van der Waals surface area contributed by atoms with E-state index in [1.807, 2.05) is 23.1 Å². The molecule has 0 amide bonds. The van der Waals surface area contributed by atoms with Crippen LogP contribution in [0.25, 0.3) is 0 Å². The predicted octanol–water partition coefficient (Wildman–Crippen LogP) is 1.73. The molecule has 1 saturated carbocycles. The molecule has 1 aliphatic carbocycles. The molecule has 2 N–H and O–H groups in total. The molecule has 0 spiro atoms. The Hall–Kier alpha value is -0.870. The minimum absolute atomic E-state index is 0.0924. The zero-order valence-electron chi connectivity index (χ0n) is 10.6. The zero-order valence-corrected chi connectivity index (χ0v) is 10.6. The summed E-state index contributed by atoms with van der Waals surface area (Å²) in [6.45, 7) is 3.36. The fraction of sp³-hybridized carbons (Fsp3) is 0.769. The van der Waals surface area contributed by atoms with Gasteiger partial charge in [-0.2, -0.15) is 5.10 Å². The lowest BCUT2D eigenvalue weighted by Gasteiger charge is -2.40. The van der Waals surface area contributed by atoms with Crippen LogP contribution in [0.1, 0.15) is 45.1 Å². The average molecular weight is 237 g/mol. The Morgan fingerprint density at radius 3 is 3.12 bits per heavy atom. The first-order valence-electron chi connectivity index (χ1n) is 6.65. The van der Waals surface area contributed by atoms with Crippen molar-refractivity contribution >= 4 is 0 Å². The maximum atomic E-state index is 9.69. The molecule has 0 bridgehead atoms. The van der Waals surface area contributed by atoms with Gasteiger partial charge in [0, 0.05) is 17.9 Å². The van der Waals surface area contributed by atoms with Crippen LogP contribution in [0.3, 0.4) is 0 Å². The Bertz CT molecular complexity index is 325. The SMILES string of the molecule is CCCNC1(CO)CCCC(n2cccn2)C1. The Kier molecular flexibility index (Phi) is 4.18. The predicted molar refractivity (Wildman–Crippen MR) is 67.8 cm³/mol. The average Bonchev–Trinajstić information content (AvgIpc) is 2.90. The summed E-state index contributed by atoms with van der Waals surface area (Å²) in [5, 5.41) is 17.6. The molecule has 4 nitrogen and oxygen atoms in total. The topological polar surface area (TPSA) is 50.1 Å². The summed E-state index contributed by atoms with van der Waals surface area (Å²) in [4.78, 5) is 0. The quantitative estimate of drug-likeness (QED) is 0.820. The third kappa shape index (κ3) is 2.87. The first kappa shape index (κ1) is 12.6. The number of rotatable bonds is 5. The summed E-state index contributed by atoms with van der Waals surface area (Å²) in [6.07, 6.45) is 9.33. The highest BCUT2D eigenvalue weighted by Crippen LogP contribution is 2.34. The van der Waals surface area contributed by atoms with Crippen molar-refractivity contribution in [3.05, 3.63) is 18.5 Å². The van der Waals surface area contributed by atoms with Crippen molar-refractivity contribution in [2.75, 3.05) is 13.2 Å². The van der Waals surface area contributed by atoms with Crippen LogP contribution >= 0.6 is 0 Å². The van der Waals surface area contributed by atoms with Gasteiger partial charge in [0.25, 0.3) is 0 Å². The summed E-state index contributed by atoms with van der Waals surface area (Å²) in [5.74, 6) is 0. The second kappa shape index (κ2) is 5.65. The molecule has 1 aliphatic rings. The molecule has 2 rings (SSSR count). The van der Waals surface area contributed by atoms with Gasteiger partial charge in [-0.25, -0.2) is 0 Å². The van der Waals surface area contributed by atoms with Crippen molar-refractivity contribution in [3.63, 3.8) is 0 Å². The number of hydrogen-bond donors (Lipinski definition) is 2. The van der Waals surface area contributed by atoms with Crippen molar-refractivity contribution in [2.24, 2.45) is 0 Å². The van der Waals surface area contributed by atoms with Crippen molar-refractivity contribution in [1.29, 1.82) is 0 Å². The van der Waals surface area contributed by atoms with Crippen LogP contribution < -0.4 is 5.32 Å². The molecule has 0 saturated heterocycles. The zero-order chi connectivity index (χ0) is 12.1. The van der Waals surface area contributed by atoms with Crippen LogP contribution in [0.15, 0.2) is 18.5 Å². The van der Waals surface area contributed by atoms with Crippen molar-refractivity contribution < 1.29 is 5.11 Å². The summed E-state index contributed by atoms with van der Waals surface area (Å²) < 4.78 is 2.04. The molecule has 1 fully saturated rings. The van der Waals surface area contributed by atoms with Gasteiger partial charge in [-0.3, -0.25) is 4.68 Å². The molecule has 1 aromatic rings. The van der Waals surface area contributed by atoms with E-state index in [0.717, 1.165) is 38.6 Å². The molecule has 17 heavy (non-hydrogen) atoms. The van der Waals surface area contributed by atoms with Gasteiger partial charge in [0.05, 0.1) is 12.6 Å². The largest absolute Gasteiger partial charge is 0.394 e. The molecule has 0 aliphatic heterocycles. The highest BCUT2D eigenvalue weighted by atomic mass is 16.3. The normalized spacial score (nSPS) is 29.4. The van der Waals surface area contributed by atoms with Crippen LogP contribution in [-0.4, -0.2) is 33.6 Å². The van der Waals surface area contributed by atoms with Gasteiger partial charge in [-0.15, -0.1) is 0 Å². The van der Waals surface area contributed by atoms with E-state index in [-0.39, 0.29) is 12.1 Å². The lowest BCUT2D eigenvalue weighted by molar-refractivity contribution is 0.0947. The van der Waals surface area contributed by atoms with Crippen LogP contribution in [0.5, 0.6) is 0 Å². The van der Waals surface area contributed by atoms with Gasteiger partial charge < -0.3 is 10.4 Å². The second-order valence-corrected chi connectivity index (χ2v) is 5.10. The van der Waals surface area contributed by atoms with Crippen molar-refractivity contribution in [1.82, 2.24) is 15.1 Å². The summed E-state index contributed by atoms with van der Waals surface area (Å²) in [6, 6.07) is 2.39. The third-order valence-electron chi connectivity index (χ3n) is 3.77. The Balaban J connectivity index is 2.03. The second-order valence-electron chi connectivity index (χ2n) is 5.10. The van der Waals surface area contributed by atoms with Crippen molar-refractivity contribution in [3.8, 4) is 0 Å². The highest BCUT2D eigenvalue weighted by molar-refractivity contribution is 4.96. The third-order valence-corrected chi connectivity index (χ3v) is 3.77. The minimum Gasteiger partial charge on any atom is -0.394 e. The van der Waals surface area contributed by atoms with Crippen LogP contribution in [0, 0.1) is 0 Å². The minimum atomic E-state index is -0.0924. The number of aliphatic hydroxyl groups excluding tert-OH is 1. The fourth-order valence-corrected chi connectivity index (χ4v) is 2.80. The fourth-order valence-electron chi connectivity index (χ4n) is 2.80. The van der Waals surface area contributed by atoms with Crippen LogP contribution in [-0.2, 0) is 0 Å². The van der Waals surface area contributed by atoms with Gasteiger partial charge >= 0.3 is 0 Å². The summed E-state index contributed by atoms with van der Waals surface area (Å²) in [5.41, 5.74) is -0.0924. The van der Waals surface area contributed by atoms with E-state index in [1.165, 1.54) is 0 Å². The molecule has 4 heteroatoms. The first-order chi connectivity index (χ1) is 8.29. The molecule has 0 aromatic carbocycles. The molecular formula is C13H23N3O. The Morgan fingerprint density at radius 2 is 2.47 bits per heavy atom. The van der Waals surface area contributed by atoms with E-state index in [0.29, 0.717) is 6.04 Å². The highest BCUT2D eigenvalue weighted by Gasteiger charge is 2.36. The van der Waals surface area contributed by atoms with E-state index in [4.69, 9.17) is 0 Å². The molecule has 1 heterocycles. The number of aliphatic hydroxyl groups is 1. The first-order valence-corrected chi connectivity index (χ1v) is 6.65. The number of nitrogens with one attached hydrogen (secondary N) is 1. The summed E-state index contributed by atoms with van der Waals surface area (Å²) >= 11 is 0. The van der Waals surface area contributed by atoms with Gasteiger partial charge in [-0.1, -0.05) is 6.92 Å². The smallest absolute Gasteiger partial charge is 0.0614 e. The molecule has 96 valence electrons. The summed E-state index contributed by atoms with van der Waals surface area (Å²) in [7, 11) is 0.